The molecule has 2 aromatic carbocycles. The van der Waals surface area contributed by atoms with Crippen molar-refractivity contribution in [3.8, 4) is 11.1 Å². The summed E-state index contributed by atoms with van der Waals surface area (Å²) in [6, 6.07) is 15.8. The number of halogens is 2. The molecule has 0 aliphatic carbocycles. The minimum absolute atomic E-state index is 0.161. The molecule has 0 unspecified atom stereocenters. The van der Waals surface area contributed by atoms with Crippen molar-refractivity contribution in [2.45, 2.75) is 6.92 Å². The predicted octanol–water partition coefficient (Wildman–Crippen LogP) is 4.44. The Bertz CT molecular complexity index is 443. The van der Waals surface area contributed by atoms with E-state index in [-0.39, 0.29) is 5.82 Å². The molecule has 0 heterocycles. The van der Waals surface area contributed by atoms with E-state index < -0.39 is 0 Å². The number of rotatable bonds is 1. The van der Waals surface area contributed by atoms with Crippen molar-refractivity contribution < 1.29 is 20.7 Å². The predicted molar refractivity (Wildman–Crippen MR) is 64.3 cm³/mol. The second-order valence-corrected chi connectivity index (χ2v) is 3.26. The summed E-state index contributed by atoms with van der Waals surface area (Å²) in [6.07, 6.45) is 0. The molecule has 2 rings (SSSR count). The first-order valence-electron chi connectivity index (χ1n) is 4.77. The van der Waals surface area contributed by atoms with E-state index in [4.69, 9.17) is 0 Å². The first-order valence-corrected chi connectivity index (χ1v) is 11.7. The van der Waals surface area contributed by atoms with E-state index in [9.17, 15) is 4.39 Å². The standard InChI is InChI=1S/C13H10F.BrH.Zn/c1-10-7-8-12(9-13(10)14)11-5-3-2-4-6-11;;/h2-3,5-9H,1H3;1H;/q-1;;+2/p-1. The fraction of sp³-hybridized carbons (Fsp3) is 0.0769. The van der Waals surface area contributed by atoms with E-state index in [2.05, 4.69) is 19.7 Å². The van der Waals surface area contributed by atoms with Gasteiger partial charge in [-0.1, -0.05) is 17.7 Å². The first kappa shape index (κ1) is 13.5. The van der Waals surface area contributed by atoms with E-state index in [0.717, 1.165) is 11.1 Å². The Hall–Kier alpha value is -0.527. The maximum absolute atomic E-state index is 13.3. The molecule has 0 N–H and O–H groups in total. The zero-order valence-electron chi connectivity index (χ0n) is 9.00. The van der Waals surface area contributed by atoms with Gasteiger partial charge < -0.3 is 0 Å². The van der Waals surface area contributed by atoms with E-state index in [1.807, 2.05) is 30.3 Å². The van der Waals surface area contributed by atoms with E-state index in [1.165, 1.54) is 16.3 Å². The molecule has 0 aliphatic rings. The normalized spacial score (nSPS) is 9.31. The van der Waals surface area contributed by atoms with Crippen molar-refractivity contribution in [3.05, 3.63) is 59.9 Å². The van der Waals surface area contributed by atoms with E-state index in [0.29, 0.717) is 5.56 Å². The molecule has 0 saturated carbocycles. The molecule has 0 radical (unpaired) electrons. The Morgan fingerprint density at radius 2 is 1.94 bits per heavy atom. The van der Waals surface area contributed by atoms with Gasteiger partial charge >= 0.3 is 30.0 Å². The Balaban J connectivity index is 0.000000606. The van der Waals surface area contributed by atoms with Crippen molar-refractivity contribution in [1.82, 2.24) is 0 Å². The van der Waals surface area contributed by atoms with Crippen LogP contribution in [0.1, 0.15) is 5.56 Å². The fourth-order valence-corrected chi connectivity index (χ4v) is 1.35. The summed E-state index contributed by atoms with van der Waals surface area (Å²) in [5, 5.41) is 0. The van der Waals surface area contributed by atoms with Crippen LogP contribution in [-0.4, -0.2) is 0 Å². The van der Waals surface area contributed by atoms with E-state index in [1.54, 1.807) is 19.1 Å². The third-order valence-electron chi connectivity index (χ3n) is 2.21. The van der Waals surface area contributed by atoms with Gasteiger partial charge in [-0.15, -0.1) is 5.56 Å². The van der Waals surface area contributed by atoms with Gasteiger partial charge in [0.25, 0.3) is 0 Å². The van der Waals surface area contributed by atoms with Gasteiger partial charge in [0, 0.05) is 0 Å². The van der Waals surface area contributed by atoms with Gasteiger partial charge in [-0.05, 0) is 18.6 Å². The van der Waals surface area contributed by atoms with Gasteiger partial charge in [-0.3, -0.25) is 0 Å². The van der Waals surface area contributed by atoms with Crippen LogP contribution in [0.2, 0.25) is 0 Å². The molecule has 0 spiro atoms. The van der Waals surface area contributed by atoms with Crippen LogP contribution in [0, 0.1) is 18.8 Å². The first-order chi connectivity index (χ1) is 7.77. The number of benzene rings is 2. The van der Waals surface area contributed by atoms with E-state index >= 15 is 0 Å². The van der Waals surface area contributed by atoms with Crippen molar-refractivity contribution in [3.63, 3.8) is 0 Å². The Morgan fingerprint density at radius 1 is 1.19 bits per heavy atom. The summed E-state index contributed by atoms with van der Waals surface area (Å²) in [4.78, 5) is 0. The zero-order valence-corrected chi connectivity index (χ0v) is 13.6. The topological polar surface area (TPSA) is 0 Å². The molecule has 0 fully saturated rings. The third kappa shape index (κ3) is 3.50. The zero-order chi connectivity index (χ0) is 12.0. The van der Waals surface area contributed by atoms with Crippen LogP contribution in [0.25, 0.3) is 11.1 Å². The Kier molecular flexibility index (Phi) is 5.86. The fourth-order valence-electron chi connectivity index (χ4n) is 1.35. The summed E-state index contributed by atoms with van der Waals surface area (Å²) in [5.41, 5.74) is 2.56. The average molecular weight is 331 g/mol. The molecule has 0 aliphatic heterocycles. The van der Waals surface area contributed by atoms with Crippen LogP contribution in [-0.2, 0) is 16.3 Å². The molecule has 0 bridgehead atoms. The Labute approximate surface area is 112 Å². The van der Waals surface area contributed by atoms with Crippen LogP contribution >= 0.6 is 13.6 Å². The molecule has 3 heteroatoms. The van der Waals surface area contributed by atoms with Crippen LogP contribution in [0.15, 0.2) is 42.5 Å². The molecule has 0 nitrogen and oxygen atoms in total. The van der Waals surface area contributed by atoms with Crippen molar-refractivity contribution >= 4 is 13.6 Å². The molecular weight excluding hydrogens is 320 g/mol. The average Bonchev–Trinajstić information content (AvgIpc) is 2.36. The summed E-state index contributed by atoms with van der Waals surface area (Å²) in [6.45, 7) is 1.76. The van der Waals surface area contributed by atoms with Crippen molar-refractivity contribution in [2.24, 2.45) is 0 Å². The molecule has 0 aromatic heterocycles. The summed E-state index contributed by atoms with van der Waals surface area (Å²) >= 11 is 4.25. The molecule has 78 valence electrons. The van der Waals surface area contributed by atoms with Crippen LogP contribution in [0.4, 0.5) is 4.39 Å². The quantitative estimate of drug-likeness (QED) is 0.535. The molecule has 0 amide bonds. The second kappa shape index (κ2) is 6.93. The molecular formula is C13H10BrFZn. The monoisotopic (exact) mass is 328 g/mol. The summed E-state index contributed by atoms with van der Waals surface area (Å²) < 4.78 is 13.3. The number of aryl methyl sites for hydroxylation is 1. The van der Waals surface area contributed by atoms with Crippen LogP contribution in [0.3, 0.4) is 0 Å². The number of hydrogen-bond acceptors (Lipinski definition) is 0. The number of hydrogen-bond donors (Lipinski definition) is 0. The SMILES string of the molecule is Cc1ccc(-c2c[c-]ccc2)cc1F.[Zn+][Br]. The van der Waals surface area contributed by atoms with Gasteiger partial charge in [0.1, 0.15) is 5.82 Å². The molecule has 0 saturated heterocycles. The summed E-state index contributed by atoms with van der Waals surface area (Å²) in [5.74, 6) is -0.161. The Morgan fingerprint density at radius 3 is 2.50 bits per heavy atom. The van der Waals surface area contributed by atoms with Gasteiger partial charge in [0.15, 0.2) is 0 Å². The minimum atomic E-state index is -0.161. The second-order valence-electron chi connectivity index (χ2n) is 3.26. The molecule has 0 atom stereocenters. The van der Waals surface area contributed by atoms with Crippen molar-refractivity contribution in [2.75, 3.05) is 0 Å². The van der Waals surface area contributed by atoms with Gasteiger partial charge in [-0.25, -0.2) is 4.39 Å². The molecule has 2 aromatic rings. The van der Waals surface area contributed by atoms with Crippen LogP contribution in [0.5, 0.6) is 0 Å². The maximum atomic E-state index is 13.3. The van der Waals surface area contributed by atoms with Crippen molar-refractivity contribution in [1.29, 1.82) is 0 Å². The van der Waals surface area contributed by atoms with Gasteiger partial charge in [0.05, 0.1) is 0 Å². The summed E-state index contributed by atoms with van der Waals surface area (Å²) in [7, 11) is 0. The van der Waals surface area contributed by atoms with Gasteiger partial charge in [0.2, 0.25) is 0 Å². The van der Waals surface area contributed by atoms with Crippen LogP contribution < -0.4 is 0 Å². The third-order valence-corrected chi connectivity index (χ3v) is 2.21. The van der Waals surface area contributed by atoms with Gasteiger partial charge in [-0.2, -0.15) is 30.3 Å². The molecule has 16 heavy (non-hydrogen) atoms.